The van der Waals surface area contributed by atoms with E-state index >= 15 is 0 Å². The molecule has 6 heteroatoms. The van der Waals surface area contributed by atoms with E-state index in [4.69, 9.17) is 0 Å². The summed E-state index contributed by atoms with van der Waals surface area (Å²) in [5, 5.41) is 3.67. The van der Waals surface area contributed by atoms with Gasteiger partial charge in [-0.05, 0) is 31.5 Å². The van der Waals surface area contributed by atoms with Crippen molar-refractivity contribution < 1.29 is 14.3 Å². The van der Waals surface area contributed by atoms with Gasteiger partial charge in [-0.2, -0.15) is 0 Å². The molecule has 0 bridgehead atoms. The second-order valence-electron chi connectivity index (χ2n) is 4.64. The number of aryl methyl sites for hydroxylation is 1. The first-order chi connectivity index (χ1) is 10.0. The van der Waals surface area contributed by atoms with Crippen LogP contribution in [0.2, 0.25) is 0 Å². The number of hydrogen-bond donors (Lipinski definition) is 1. The van der Waals surface area contributed by atoms with Crippen LogP contribution in [0.25, 0.3) is 5.00 Å². The lowest BCUT2D eigenvalue weighted by molar-refractivity contribution is -0.140. The average Bonchev–Trinajstić information content (AvgIpc) is 3.08. The molecule has 2 aromatic heterocycles. The van der Waals surface area contributed by atoms with E-state index in [2.05, 4.69) is 10.1 Å². The number of carbonyl (C=O) groups excluding carboxylic acids is 2. The molecular formula is C15H18N2O3S. The molecule has 0 spiro atoms. The Labute approximate surface area is 127 Å². The van der Waals surface area contributed by atoms with Crippen molar-refractivity contribution in [1.82, 2.24) is 9.88 Å². The first-order valence-corrected chi connectivity index (χ1v) is 7.44. The summed E-state index contributed by atoms with van der Waals surface area (Å²) in [6.07, 6.45) is 4.00. The van der Waals surface area contributed by atoms with E-state index in [0.717, 1.165) is 15.4 Å². The standard InChI is InChI=1S/C15H18N2O3S/c1-10-11(2)21-15(17-8-4-5-9-17)13(10)14(19)16-7-6-12(18)20-3/h4-5,8-9H,6-7H2,1-3H3,(H,16,19). The van der Waals surface area contributed by atoms with E-state index < -0.39 is 0 Å². The number of thiophene rings is 1. The van der Waals surface area contributed by atoms with Gasteiger partial charge in [-0.25, -0.2) is 0 Å². The predicted molar refractivity (Wildman–Crippen MR) is 82.1 cm³/mol. The monoisotopic (exact) mass is 306 g/mol. The summed E-state index contributed by atoms with van der Waals surface area (Å²) >= 11 is 1.58. The van der Waals surface area contributed by atoms with Crippen LogP contribution in [-0.4, -0.2) is 30.1 Å². The van der Waals surface area contributed by atoms with Gasteiger partial charge in [0.15, 0.2) is 0 Å². The number of aromatic nitrogens is 1. The largest absolute Gasteiger partial charge is 0.469 e. The van der Waals surface area contributed by atoms with Gasteiger partial charge >= 0.3 is 5.97 Å². The molecule has 2 heterocycles. The Kier molecular flexibility index (Phi) is 4.80. The van der Waals surface area contributed by atoms with Gasteiger partial charge in [-0.15, -0.1) is 11.3 Å². The third-order valence-electron chi connectivity index (χ3n) is 3.28. The zero-order chi connectivity index (χ0) is 15.4. The summed E-state index contributed by atoms with van der Waals surface area (Å²) in [7, 11) is 1.33. The molecule has 2 rings (SSSR count). The third-order valence-corrected chi connectivity index (χ3v) is 4.50. The van der Waals surface area contributed by atoms with Gasteiger partial charge in [0.1, 0.15) is 5.00 Å². The molecule has 0 aliphatic carbocycles. The van der Waals surface area contributed by atoms with Gasteiger partial charge in [-0.3, -0.25) is 9.59 Å². The number of ether oxygens (including phenoxy) is 1. The molecule has 0 aliphatic heterocycles. The van der Waals surface area contributed by atoms with E-state index in [1.165, 1.54) is 7.11 Å². The highest BCUT2D eigenvalue weighted by atomic mass is 32.1. The molecule has 0 saturated carbocycles. The highest BCUT2D eigenvalue weighted by Crippen LogP contribution is 2.30. The van der Waals surface area contributed by atoms with Gasteiger partial charge in [0.05, 0.1) is 19.1 Å². The van der Waals surface area contributed by atoms with Crippen LogP contribution in [0, 0.1) is 13.8 Å². The summed E-state index contributed by atoms with van der Waals surface area (Å²) in [6, 6.07) is 3.84. The molecule has 0 aliphatic rings. The first kappa shape index (κ1) is 15.3. The number of carbonyl (C=O) groups is 2. The Morgan fingerprint density at radius 3 is 2.57 bits per heavy atom. The quantitative estimate of drug-likeness (QED) is 0.863. The zero-order valence-electron chi connectivity index (χ0n) is 12.3. The van der Waals surface area contributed by atoms with Gasteiger partial charge in [0, 0.05) is 23.8 Å². The van der Waals surface area contributed by atoms with Crippen LogP contribution in [-0.2, 0) is 9.53 Å². The van der Waals surface area contributed by atoms with Crippen molar-refractivity contribution in [2.45, 2.75) is 20.3 Å². The molecule has 0 fully saturated rings. The summed E-state index contributed by atoms with van der Waals surface area (Å²) in [6.45, 7) is 4.21. The van der Waals surface area contributed by atoms with Crippen LogP contribution < -0.4 is 5.32 Å². The Balaban J connectivity index is 2.19. The lowest BCUT2D eigenvalue weighted by Gasteiger charge is -2.08. The molecular weight excluding hydrogens is 288 g/mol. The molecule has 1 N–H and O–H groups in total. The molecule has 2 aromatic rings. The second kappa shape index (κ2) is 6.58. The number of nitrogens with zero attached hydrogens (tertiary/aromatic N) is 1. The predicted octanol–water partition coefficient (Wildman–Crippen LogP) is 2.45. The van der Waals surface area contributed by atoms with Gasteiger partial charge in [0.2, 0.25) is 0 Å². The Bertz CT molecular complexity index is 644. The van der Waals surface area contributed by atoms with Gasteiger partial charge < -0.3 is 14.6 Å². The van der Waals surface area contributed by atoms with Crippen molar-refractivity contribution in [1.29, 1.82) is 0 Å². The van der Waals surface area contributed by atoms with Crippen LogP contribution in [0.15, 0.2) is 24.5 Å². The highest BCUT2D eigenvalue weighted by molar-refractivity contribution is 7.15. The van der Waals surface area contributed by atoms with Gasteiger partial charge in [-0.1, -0.05) is 0 Å². The van der Waals surface area contributed by atoms with E-state index in [1.807, 2.05) is 42.9 Å². The van der Waals surface area contributed by atoms with E-state index in [1.54, 1.807) is 11.3 Å². The van der Waals surface area contributed by atoms with Crippen LogP contribution in [0.5, 0.6) is 0 Å². The molecule has 112 valence electrons. The fourth-order valence-electron chi connectivity index (χ4n) is 2.00. The highest BCUT2D eigenvalue weighted by Gasteiger charge is 2.20. The Morgan fingerprint density at radius 2 is 1.95 bits per heavy atom. The van der Waals surface area contributed by atoms with Crippen LogP contribution >= 0.6 is 11.3 Å². The van der Waals surface area contributed by atoms with Crippen molar-refractivity contribution in [3.05, 3.63) is 40.5 Å². The Morgan fingerprint density at radius 1 is 1.29 bits per heavy atom. The molecule has 5 nitrogen and oxygen atoms in total. The minimum Gasteiger partial charge on any atom is -0.469 e. The van der Waals surface area contributed by atoms with Crippen LogP contribution in [0.1, 0.15) is 27.2 Å². The van der Waals surface area contributed by atoms with Gasteiger partial charge in [0.25, 0.3) is 5.91 Å². The molecule has 0 radical (unpaired) electrons. The topological polar surface area (TPSA) is 60.3 Å². The van der Waals surface area contributed by atoms with E-state index in [0.29, 0.717) is 5.56 Å². The molecule has 21 heavy (non-hydrogen) atoms. The summed E-state index contributed by atoms with van der Waals surface area (Å²) in [5.74, 6) is -0.497. The molecule has 1 amide bonds. The number of amides is 1. The number of methoxy groups -OCH3 is 1. The number of hydrogen-bond acceptors (Lipinski definition) is 4. The zero-order valence-corrected chi connectivity index (χ0v) is 13.1. The summed E-state index contributed by atoms with van der Waals surface area (Å²) in [5.41, 5.74) is 1.64. The van der Waals surface area contributed by atoms with Crippen molar-refractivity contribution in [2.75, 3.05) is 13.7 Å². The summed E-state index contributed by atoms with van der Waals surface area (Å²) < 4.78 is 6.49. The maximum absolute atomic E-state index is 12.4. The summed E-state index contributed by atoms with van der Waals surface area (Å²) in [4.78, 5) is 24.6. The molecule has 0 saturated heterocycles. The SMILES string of the molecule is COC(=O)CCNC(=O)c1c(-n2cccc2)sc(C)c1C. The normalized spacial score (nSPS) is 10.4. The fraction of sp³-hybridized carbons (Fsp3) is 0.333. The first-order valence-electron chi connectivity index (χ1n) is 6.63. The van der Waals surface area contributed by atoms with Crippen molar-refractivity contribution in [3.63, 3.8) is 0 Å². The van der Waals surface area contributed by atoms with Crippen LogP contribution in [0.3, 0.4) is 0 Å². The average molecular weight is 306 g/mol. The fourth-order valence-corrected chi connectivity index (χ4v) is 3.12. The third kappa shape index (κ3) is 3.33. The Hall–Kier alpha value is -2.08. The smallest absolute Gasteiger partial charge is 0.307 e. The van der Waals surface area contributed by atoms with Crippen molar-refractivity contribution in [2.24, 2.45) is 0 Å². The molecule has 0 unspecified atom stereocenters. The van der Waals surface area contributed by atoms with E-state index in [-0.39, 0.29) is 24.8 Å². The molecule has 0 aromatic carbocycles. The van der Waals surface area contributed by atoms with Crippen LogP contribution in [0.4, 0.5) is 0 Å². The molecule has 0 atom stereocenters. The number of esters is 1. The number of nitrogens with one attached hydrogen (secondary N) is 1. The lowest BCUT2D eigenvalue weighted by Crippen LogP contribution is -2.27. The maximum atomic E-state index is 12.4. The van der Waals surface area contributed by atoms with E-state index in [9.17, 15) is 9.59 Å². The minimum atomic E-state index is -0.334. The van der Waals surface area contributed by atoms with Crippen molar-refractivity contribution >= 4 is 23.2 Å². The number of rotatable bonds is 5. The maximum Gasteiger partial charge on any atom is 0.307 e. The van der Waals surface area contributed by atoms with Crippen molar-refractivity contribution in [3.8, 4) is 5.00 Å². The lowest BCUT2D eigenvalue weighted by atomic mass is 10.1. The second-order valence-corrected chi connectivity index (χ2v) is 5.84. The minimum absolute atomic E-state index is 0.163.